The SMILES string of the molecule is COc1ccc2c(c1)C(=O)C(=C1CC=CS1)CC2. The second-order valence-corrected chi connectivity index (χ2v) is 5.45. The van der Waals surface area contributed by atoms with Crippen LogP contribution in [0.1, 0.15) is 28.8 Å². The van der Waals surface area contributed by atoms with Gasteiger partial charge in [0, 0.05) is 16.0 Å². The fourth-order valence-electron chi connectivity index (χ4n) is 2.44. The zero-order valence-corrected chi connectivity index (χ0v) is 11.0. The summed E-state index contributed by atoms with van der Waals surface area (Å²) in [4.78, 5) is 13.7. The number of benzene rings is 1. The highest BCUT2D eigenvalue weighted by Crippen LogP contribution is 2.37. The number of carbonyl (C=O) groups excluding carboxylic acids is 1. The fraction of sp³-hybridized carbons (Fsp3) is 0.267. The molecular formula is C15H14O2S. The lowest BCUT2D eigenvalue weighted by Gasteiger charge is -2.19. The van der Waals surface area contributed by atoms with E-state index < -0.39 is 0 Å². The summed E-state index contributed by atoms with van der Waals surface area (Å²) in [6.07, 6.45) is 4.83. The average Bonchev–Trinajstić information content (AvgIpc) is 2.93. The van der Waals surface area contributed by atoms with Gasteiger partial charge in [-0.3, -0.25) is 4.79 Å². The van der Waals surface area contributed by atoms with Crippen molar-refractivity contribution in [3.63, 3.8) is 0 Å². The molecule has 0 N–H and O–H groups in total. The van der Waals surface area contributed by atoms with E-state index in [9.17, 15) is 4.79 Å². The Morgan fingerprint density at radius 1 is 1.28 bits per heavy atom. The van der Waals surface area contributed by atoms with Gasteiger partial charge in [-0.15, -0.1) is 11.8 Å². The third-order valence-electron chi connectivity index (χ3n) is 3.43. The van der Waals surface area contributed by atoms with Crippen LogP contribution in [0.2, 0.25) is 0 Å². The number of Topliss-reactive ketones (excluding diaryl/α,β-unsaturated/α-hetero) is 1. The molecule has 1 aromatic carbocycles. The quantitative estimate of drug-likeness (QED) is 0.718. The number of ketones is 1. The average molecular weight is 258 g/mol. The molecule has 0 amide bonds. The number of rotatable bonds is 1. The summed E-state index contributed by atoms with van der Waals surface area (Å²) < 4.78 is 5.20. The number of fused-ring (bicyclic) bond motifs is 1. The van der Waals surface area contributed by atoms with Gasteiger partial charge in [-0.05, 0) is 42.4 Å². The Hall–Kier alpha value is -1.48. The summed E-state index contributed by atoms with van der Waals surface area (Å²) in [5.41, 5.74) is 2.95. The summed E-state index contributed by atoms with van der Waals surface area (Å²) in [5, 5.41) is 2.07. The Morgan fingerprint density at radius 3 is 2.89 bits per heavy atom. The molecule has 0 atom stereocenters. The van der Waals surface area contributed by atoms with Gasteiger partial charge in [0.05, 0.1) is 7.11 Å². The number of thioether (sulfide) groups is 1. The van der Waals surface area contributed by atoms with Crippen LogP contribution in [-0.2, 0) is 6.42 Å². The predicted octanol–water partition coefficient (Wildman–Crippen LogP) is 3.73. The van der Waals surface area contributed by atoms with E-state index in [1.54, 1.807) is 18.9 Å². The molecule has 1 aliphatic carbocycles. The van der Waals surface area contributed by atoms with E-state index in [1.165, 1.54) is 4.91 Å². The van der Waals surface area contributed by atoms with Gasteiger partial charge in [0.2, 0.25) is 0 Å². The topological polar surface area (TPSA) is 26.3 Å². The Morgan fingerprint density at radius 2 is 2.17 bits per heavy atom. The molecule has 3 rings (SSSR count). The van der Waals surface area contributed by atoms with Gasteiger partial charge in [0.1, 0.15) is 5.75 Å². The normalized spacial score (nSPS) is 22.2. The number of hydrogen-bond donors (Lipinski definition) is 0. The van der Waals surface area contributed by atoms with Gasteiger partial charge in [-0.25, -0.2) is 0 Å². The largest absolute Gasteiger partial charge is 0.497 e. The van der Waals surface area contributed by atoms with Crippen LogP contribution in [-0.4, -0.2) is 12.9 Å². The minimum absolute atomic E-state index is 0.182. The molecule has 0 radical (unpaired) electrons. The van der Waals surface area contributed by atoms with Gasteiger partial charge in [0.25, 0.3) is 0 Å². The van der Waals surface area contributed by atoms with Gasteiger partial charge in [-0.1, -0.05) is 12.1 Å². The summed E-state index contributed by atoms with van der Waals surface area (Å²) in [5.74, 6) is 0.937. The summed E-state index contributed by atoms with van der Waals surface area (Å²) in [6.45, 7) is 0. The molecule has 1 heterocycles. The summed E-state index contributed by atoms with van der Waals surface area (Å²) >= 11 is 1.68. The predicted molar refractivity (Wildman–Crippen MR) is 74.0 cm³/mol. The van der Waals surface area contributed by atoms with E-state index >= 15 is 0 Å². The van der Waals surface area contributed by atoms with Crippen molar-refractivity contribution in [2.45, 2.75) is 19.3 Å². The monoisotopic (exact) mass is 258 g/mol. The van der Waals surface area contributed by atoms with Crippen LogP contribution in [0.5, 0.6) is 5.75 Å². The van der Waals surface area contributed by atoms with Crippen LogP contribution >= 0.6 is 11.8 Å². The molecule has 0 saturated carbocycles. The van der Waals surface area contributed by atoms with E-state index in [1.807, 2.05) is 18.2 Å². The minimum atomic E-state index is 0.182. The number of carbonyl (C=O) groups is 1. The van der Waals surface area contributed by atoms with Crippen LogP contribution in [0.3, 0.4) is 0 Å². The van der Waals surface area contributed by atoms with Crippen LogP contribution in [0.15, 0.2) is 40.2 Å². The highest BCUT2D eigenvalue weighted by molar-refractivity contribution is 8.06. The van der Waals surface area contributed by atoms with E-state index in [0.29, 0.717) is 0 Å². The first-order valence-corrected chi connectivity index (χ1v) is 6.93. The molecule has 3 heteroatoms. The Labute approximate surface area is 111 Å². The first-order valence-electron chi connectivity index (χ1n) is 6.05. The smallest absolute Gasteiger partial charge is 0.190 e. The molecule has 0 unspecified atom stereocenters. The first-order chi connectivity index (χ1) is 8.79. The Bertz CT molecular complexity index is 560. The number of allylic oxidation sites excluding steroid dienone is 3. The lowest BCUT2D eigenvalue weighted by molar-refractivity contribution is 0.102. The number of aryl methyl sites for hydroxylation is 1. The van der Waals surface area contributed by atoms with Crippen LogP contribution in [0.25, 0.3) is 0 Å². The van der Waals surface area contributed by atoms with E-state index in [-0.39, 0.29) is 5.78 Å². The molecule has 1 aromatic rings. The van der Waals surface area contributed by atoms with Crippen molar-refractivity contribution < 1.29 is 9.53 Å². The zero-order valence-electron chi connectivity index (χ0n) is 10.2. The second kappa shape index (κ2) is 4.65. The zero-order chi connectivity index (χ0) is 12.5. The van der Waals surface area contributed by atoms with Crippen LogP contribution in [0.4, 0.5) is 0 Å². The van der Waals surface area contributed by atoms with E-state index in [4.69, 9.17) is 4.74 Å². The van der Waals surface area contributed by atoms with Crippen molar-refractivity contribution in [1.82, 2.24) is 0 Å². The molecule has 2 aliphatic rings. The van der Waals surface area contributed by atoms with Crippen molar-refractivity contribution in [3.05, 3.63) is 51.3 Å². The molecule has 2 nitrogen and oxygen atoms in total. The van der Waals surface area contributed by atoms with Crippen molar-refractivity contribution in [1.29, 1.82) is 0 Å². The molecular weight excluding hydrogens is 244 g/mol. The maximum absolute atomic E-state index is 12.5. The maximum atomic E-state index is 12.5. The lowest BCUT2D eigenvalue weighted by Crippen LogP contribution is -2.15. The molecule has 0 fully saturated rings. The van der Waals surface area contributed by atoms with E-state index in [2.05, 4.69) is 11.5 Å². The Kier molecular flexibility index (Phi) is 3.00. The maximum Gasteiger partial charge on any atom is 0.190 e. The van der Waals surface area contributed by atoms with Crippen LogP contribution < -0.4 is 4.74 Å². The third kappa shape index (κ3) is 1.89. The standard InChI is InChI=1S/C15H14O2S/c1-17-11-6-4-10-5-7-12(14-3-2-8-18-14)15(16)13(10)9-11/h2,4,6,8-9H,3,5,7H2,1H3. The van der Waals surface area contributed by atoms with Crippen molar-refractivity contribution >= 4 is 17.5 Å². The highest BCUT2D eigenvalue weighted by Gasteiger charge is 2.25. The second-order valence-electron chi connectivity index (χ2n) is 4.45. The van der Waals surface area contributed by atoms with Crippen molar-refractivity contribution in [2.75, 3.05) is 7.11 Å². The molecule has 1 aliphatic heterocycles. The van der Waals surface area contributed by atoms with Gasteiger partial charge in [-0.2, -0.15) is 0 Å². The first kappa shape index (κ1) is 11.6. The van der Waals surface area contributed by atoms with Crippen molar-refractivity contribution in [3.8, 4) is 5.75 Å². The summed E-state index contributed by atoms with van der Waals surface area (Å²) in [7, 11) is 1.63. The molecule has 0 bridgehead atoms. The lowest BCUT2D eigenvalue weighted by atomic mass is 9.86. The number of methoxy groups -OCH3 is 1. The Balaban J connectivity index is 2.03. The fourth-order valence-corrected chi connectivity index (χ4v) is 3.33. The molecule has 0 saturated heterocycles. The summed E-state index contributed by atoms with van der Waals surface area (Å²) in [6, 6.07) is 5.80. The number of ether oxygens (including phenoxy) is 1. The molecule has 18 heavy (non-hydrogen) atoms. The third-order valence-corrected chi connectivity index (χ3v) is 4.45. The van der Waals surface area contributed by atoms with Gasteiger partial charge < -0.3 is 4.74 Å². The molecule has 0 aromatic heterocycles. The minimum Gasteiger partial charge on any atom is -0.497 e. The van der Waals surface area contributed by atoms with Crippen LogP contribution in [0, 0.1) is 0 Å². The van der Waals surface area contributed by atoms with Gasteiger partial charge in [0.15, 0.2) is 5.78 Å². The number of hydrogen-bond acceptors (Lipinski definition) is 3. The van der Waals surface area contributed by atoms with Crippen molar-refractivity contribution in [2.24, 2.45) is 0 Å². The highest BCUT2D eigenvalue weighted by atomic mass is 32.2. The van der Waals surface area contributed by atoms with E-state index in [0.717, 1.165) is 41.7 Å². The molecule has 0 spiro atoms. The van der Waals surface area contributed by atoms with Gasteiger partial charge >= 0.3 is 0 Å². The molecule has 92 valence electrons.